The molecule has 0 aromatic heterocycles. The Bertz CT molecular complexity index is 1180. The molecule has 0 amide bonds. The Labute approximate surface area is 215 Å². The third-order valence-corrected chi connectivity index (χ3v) is 7.22. The van der Waals surface area contributed by atoms with Crippen LogP contribution in [0.2, 0.25) is 5.02 Å². The van der Waals surface area contributed by atoms with Crippen LogP contribution in [0.25, 0.3) is 0 Å². The van der Waals surface area contributed by atoms with Gasteiger partial charge in [-0.05, 0) is 76.4 Å². The number of nitrogens with zero attached hydrogens (tertiary/aromatic N) is 2. The lowest BCUT2D eigenvalue weighted by Crippen LogP contribution is -2.33. The zero-order chi connectivity index (χ0) is 22.9. The van der Waals surface area contributed by atoms with Gasteiger partial charge in [0.1, 0.15) is 11.5 Å². The van der Waals surface area contributed by atoms with Gasteiger partial charge in [0, 0.05) is 27.0 Å². The Balaban J connectivity index is 1.51. The van der Waals surface area contributed by atoms with Crippen LogP contribution in [0.15, 0.2) is 74.7 Å². The Morgan fingerprint density at radius 1 is 1.09 bits per heavy atom. The van der Waals surface area contributed by atoms with Crippen molar-refractivity contribution < 1.29 is 9.47 Å². The monoisotopic (exact) mass is 588 g/mol. The number of hydrogen-bond acceptors (Lipinski definition) is 4. The maximum Gasteiger partial charge on any atom is 0.213 e. The highest BCUT2D eigenvalue weighted by Crippen LogP contribution is 2.51. The highest BCUT2D eigenvalue weighted by Gasteiger charge is 2.42. The molecule has 170 valence electrons. The summed E-state index contributed by atoms with van der Waals surface area (Å²) in [5.41, 5.74) is 4.24. The fourth-order valence-corrected chi connectivity index (χ4v) is 5.69. The molecule has 0 unspecified atom stereocenters. The number of unbranched alkanes of at least 4 members (excludes halogenated alkanes) is 1. The maximum absolute atomic E-state index is 6.55. The number of halogens is 3. The van der Waals surface area contributed by atoms with Crippen molar-refractivity contribution in [3.8, 4) is 11.5 Å². The summed E-state index contributed by atoms with van der Waals surface area (Å²) in [6.07, 6.45) is 2.61. The van der Waals surface area contributed by atoms with Crippen molar-refractivity contribution in [3.05, 3.63) is 91.3 Å². The van der Waals surface area contributed by atoms with E-state index < -0.39 is 0 Å². The zero-order valence-electron chi connectivity index (χ0n) is 18.1. The number of benzene rings is 3. The van der Waals surface area contributed by atoms with Crippen LogP contribution in [-0.2, 0) is 0 Å². The van der Waals surface area contributed by atoms with Gasteiger partial charge < -0.3 is 9.47 Å². The minimum atomic E-state index is -0.338. The molecule has 2 aliphatic rings. The van der Waals surface area contributed by atoms with Crippen LogP contribution in [0.3, 0.4) is 0 Å². The van der Waals surface area contributed by atoms with Crippen molar-refractivity contribution in [1.29, 1.82) is 0 Å². The van der Waals surface area contributed by atoms with Crippen molar-refractivity contribution in [3.63, 3.8) is 0 Å². The lowest BCUT2D eigenvalue weighted by Gasteiger charge is -2.38. The third-order valence-electron chi connectivity index (χ3n) is 5.92. The third kappa shape index (κ3) is 4.66. The van der Waals surface area contributed by atoms with Crippen LogP contribution in [0.5, 0.6) is 11.5 Å². The number of hydrogen-bond donors (Lipinski definition) is 0. The van der Waals surface area contributed by atoms with Crippen LogP contribution in [0, 0.1) is 0 Å². The summed E-state index contributed by atoms with van der Waals surface area (Å²) < 4.78 is 14.3. The predicted octanol–water partition coefficient (Wildman–Crippen LogP) is 8.29. The van der Waals surface area contributed by atoms with Gasteiger partial charge in [-0.2, -0.15) is 5.10 Å². The minimum Gasteiger partial charge on any atom is -0.494 e. The summed E-state index contributed by atoms with van der Waals surface area (Å²) in [6, 6.07) is 20.2. The van der Waals surface area contributed by atoms with E-state index in [0.29, 0.717) is 0 Å². The lowest BCUT2D eigenvalue weighted by molar-refractivity contribution is -0.0197. The molecule has 0 saturated heterocycles. The Morgan fingerprint density at radius 3 is 2.58 bits per heavy atom. The fraction of sp³-hybridized carbons (Fsp3) is 0.269. The SMILES string of the molecule is CCCCOc1ccc([C@@H]2Oc3c(Br)cc(Br)cc3[C@H]3CC(c4ccc(Cl)cc4)=NN32)cc1. The number of ether oxygens (including phenoxy) is 2. The van der Waals surface area contributed by atoms with Gasteiger partial charge in [-0.1, -0.05) is 53.0 Å². The van der Waals surface area contributed by atoms with Crippen LogP contribution in [0.4, 0.5) is 0 Å². The van der Waals surface area contributed by atoms with E-state index in [-0.39, 0.29) is 12.3 Å². The first-order valence-corrected chi connectivity index (χ1v) is 13.0. The average Bonchev–Trinajstić information content (AvgIpc) is 3.26. The van der Waals surface area contributed by atoms with Gasteiger partial charge in [0.2, 0.25) is 6.23 Å². The molecule has 3 aromatic rings. The molecular formula is C26H23Br2ClN2O2. The van der Waals surface area contributed by atoms with Gasteiger partial charge in [0.25, 0.3) is 0 Å². The topological polar surface area (TPSA) is 34.1 Å². The highest BCUT2D eigenvalue weighted by molar-refractivity contribution is 9.11. The lowest BCUT2D eigenvalue weighted by atomic mass is 9.96. The molecule has 0 aliphatic carbocycles. The van der Waals surface area contributed by atoms with Gasteiger partial charge in [-0.15, -0.1) is 0 Å². The van der Waals surface area contributed by atoms with E-state index in [1.165, 1.54) is 0 Å². The van der Waals surface area contributed by atoms with E-state index in [2.05, 4.69) is 62.0 Å². The molecule has 3 aromatic carbocycles. The van der Waals surface area contributed by atoms with Crippen molar-refractivity contribution in [2.24, 2.45) is 5.10 Å². The predicted molar refractivity (Wildman–Crippen MR) is 139 cm³/mol. The largest absolute Gasteiger partial charge is 0.494 e. The van der Waals surface area contributed by atoms with E-state index in [1.807, 2.05) is 42.5 Å². The minimum absolute atomic E-state index is 0.0682. The van der Waals surface area contributed by atoms with E-state index >= 15 is 0 Å². The zero-order valence-corrected chi connectivity index (χ0v) is 22.0. The highest BCUT2D eigenvalue weighted by atomic mass is 79.9. The number of rotatable bonds is 6. The van der Waals surface area contributed by atoms with Gasteiger partial charge in [-0.25, -0.2) is 5.01 Å². The normalized spacial score (nSPS) is 18.9. The second-order valence-corrected chi connectivity index (χ2v) is 10.4. The van der Waals surface area contributed by atoms with E-state index in [9.17, 15) is 0 Å². The maximum atomic E-state index is 6.55. The summed E-state index contributed by atoms with van der Waals surface area (Å²) in [5, 5.41) is 7.83. The van der Waals surface area contributed by atoms with Gasteiger partial charge in [0.15, 0.2) is 0 Å². The van der Waals surface area contributed by atoms with Crippen molar-refractivity contribution in [1.82, 2.24) is 5.01 Å². The van der Waals surface area contributed by atoms with E-state index in [4.69, 9.17) is 26.2 Å². The molecule has 0 saturated carbocycles. The number of fused-ring (bicyclic) bond motifs is 3. The van der Waals surface area contributed by atoms with Crippen molar-refractivity contribution in [2.45, 2.75) is 38.5 Å². The molecular weight excluding hydrogens is 568 g/mol. The second-order valence-electron chi connectivity index (χ2n) is 8.20. The van der Waals surface area contributed by atoms with Crippen LogP contribution < -0.4 is 9.47 Å². The molecule has 2 heterocycles. The molecule has 7 heteroatoms. The summed E-state index contributed by atoms with van der Waals surface area (Å²) in [5.74, 6) is 1.73. The quantitative estimate of drug-likeness (QED) is 0.271. The number of hydrazone groups is 1. The van der Waals surface area contributed by atoms with Crippen molar-refractivity contribution >= 4 is 49.2 Å². The van der Waals surface area contributed by atoms with Crippen LogP contribution >= 0.6 is 43.5 Å². The fourth-order valence-electron chi connectivity index (χ4n) is 4.21. The van der Waals surface area contributed by atoms with Crippen LogP contribution in [0.1, 0.15) is 55.1 Å². The van der Waals surface area contributed by atoms with Gasteiger partial charge >= 0.3 is 0 Å². The van der Waals surface area contributed by atoms with Crippen molar-refractivity contribution in [2.75, 3.05) is 6.61 Å². The summed E-state index contributed by atoms with van der Waals surface area (Å²) >= 11 is 13.4. The average molecular weight is 591 g/mol. The Morgan fingerprint density at radius 2 is 1.85 bits per heavy atom. The smallest absolute Gasteiger partial charge is 0.213 e. The first kappa shape index (κ1) is 22.8. The molecule has 5 rings (SSSR count). The molecule has 4 nitrogen and oxygen atoms in total. The second kappa shape index (κ2) is 9.69. The van der Waals surface area contributed by atoms with E-state index in [1.54, 1.807) is 0 Å². The Hall–Kier alpha value is -2.02. The molecule has 2 atom stereocenters. The first-order valence-electron chi connectivity index (χ1n) is 11.0. The molecule has 0 spiro atoms. The molecule has 0 fully saturated rings. The summed E-state index contributed by atoms with van der Waals surface area (Å²) in [6.45, 7) is 2.89. The van der Waals surface area contributed by atoms with Crippen LogP contribution in [-0.4, -0.2) is 17.3 Å². The molecule has 0 bridgehead atoms. The Kier molecular flexibility index (Phi) is 6.68. The summed E-state index contributed by atoms with van der Waals surface area (Å²) in [7, 11) is 0. The molecule has 33 heavy (non-hydrogen) atoms. The van der Waals surface area contributed by atoms with Gasteiger partial charge in [0.05, 0.1) is 22.8 Å². The van der Waals surface area contributed by atoms with E-state index in [0.717, 1.165) is 73.7 Å². The summed E-state index contributed by atoms with van der Waals surface area (Å²) in [4.78, 5) is 0. The molecule has 2 aliphatic heterocycles. The standard InChI is InChI=1S/C26H23Br2ClN2O2/c1-2-3-12-32-20-10-6-17(7-11-20)26-31-24(21-13-18(27)14-22(28)25(21)33-26)15-23(30-31)16-4-8-19(29)9-5-16/h4-11,13-14,24,26H,2-3,12,15H2,1H3/t24-,26+/m1/s1. The first-order chi connectivity index (χ1) is 16.0. The van der Waals surface area contributed by atoms with Gasteiger partial charge in [-0.3, -0.25) is 0 Å². The molecule has 0 radical (unpaired) electrons. The molecule has 0 N–H and O–H groups in total.